The molecule has 1 aromatic rings. The zero-order chi connectivity index (χ0) is 17.0. The Morgan fingerprint density at radius 3 is 2.70 bits per heavy atom. The van der Waals surface area contributed by atoms with Crippen LogP contribution in [0.5, 0.6) is 0 Å². The Kier molecular flexibility index (Phi) is 4.98. The van der Waals surface area contributed by atoms with E-state index in [1.54, 1.807) is 0 Å². The van der Waals surface area contributed by atoms with Crippen molar-refractivity contribution in [3.05, 3.63) is 53.3 Å². The fraction of sp³-hybridized carbons (Fsp3) is 0.312. The Morgan fingerprint density at radius 2 is 2.09 bits per heavy atom. The molecule has 0 saturated heterocycles. The molecule has 0 unspecified atom stereocenters. The number of benzene rings is 1. The lowest BCUT2D eigenvalue weighted by Crippen LogP contribution is -2.09. The van der Waals surface area contributed by atoms with Gasteiger partial charge in [0.1, 0.15) is 6.26 Å². The van der Waals surface area contributed by atoms with Crippen molar-refractivity contribution in [3.8, 4) is 0 Å². The smallest absolute Gasteiger partial charge is 0.416 e. The molecule has 0 saturated carbocycles. The molecule has 4 nitrogen and oxygen atoms in total. The number of hydrogen-bond donors (Lipinski definition) is 1. The first kappa shape index (κ1) is 16.9. The first-order valence-electron chi connectivity index (χ1n) is 7.02. The maximum Gasteiger partial charge on any atom is 0.416 e. The number of carbonyl (C=O) groups excluding carboxylic acids is 1. The molecule has 1 aliphatic rings. The summed E-state index contributed by atoms with van der Waals surface area (Å²) in [4.78, 5) is 12.4. The summed E-state index contributed by atoms with van der Waals surface area (Å²) in [5, 5.41) is 2.68. The van der Waals surface area contributed by atoms with E-state index < -0.39 is 17.5 Å². The predicted octanol–water partition coefficient (Wildman–Crippen LogP) is 3.46. The van der Waals surface area contributed by atoms with Crippen LogP contribution in [0.2, 0.25) is 0 Å². The lowest BCUT2D eigenvalue weighted by Gasteiger charge is -2.09. The van der Waals surface area contributed by atoms with Crippen LogP contribution < -0.4 is 5.32 Å². The monoisotopic (exact) mass is 327 g/mol. The second-order valence-electron chi connectivity index (χ2n) is 4.82. The standard InChI is InChI=1S/C16H16F3NO3/c1-3-7-22-9-12-14(21)13(15(20-2)23-12)10-5-4-6-11(8-10)16(17,18)19/h4-6,8-9,20H,3,7H2,1-2H3/b12-9+. The Hall–Kier alpha value is -2.44. The molecule has 0 aromatic heterocycles. The SMILES string of the molecule is CCCO/C=C1/OC(NC)=C(c2cccc(C(F)(F)F)c2)C1=O. The van der Waals surface area contributed by atoms with Gasteiger partial charge in [0.15, 0.2) is 0 Å². The summed E-state index contributed by atoms with van der Waals surface area (Å²) in [7, 11) is 1.52. The third kappa shape index (κ3) is 3.67. The van der Waals surface area contributed by atoms with Gasteiger partial charge in [-0.3, -0.25) is 4.79 Å². The van der Waals surface area contributed by atoms with Crippen LogP contribution in [0.1, 0.15) is 24.5 Å². The van der Waals surface area contributed by atoms with Crippen molar-refractivity contribution in [2.24, 2.45) is 0 Å². The quantitative estimate of drug-likeness (QED) is 0.511. The Bertz CT molecular complexity index is 663. The van der Waals surface area contributed by atoms with Gasteiger partial charge >= 0.3 is 6.18 Å². The topological polar surface area (TPSA) is 47.6 Å². The molecule has 0 aliphatic carbocycles. The van der Waals surface area contributed by atoms with Crippen LogP contribution in [0.4, 0.5) is 13.2 Å². The van der Waals surface area contributed by atoms with Gasteiger partial charge in [0.05, 0.1) is 17.7 Å². The minimum atomic E-state index is -4.48. The zero-order valence-corrected chi connectivity index (χ0v) is 12.7. The molecule has 1 aliphatic heterocycles. The number of carbonyl (C=O) groups is 1. The second-order valence-corrected chi connectivity index (χ2v) is 4.82. The van der Waals surface area contributed by atoms with Crippen molar-refractivity contribution < 1.29 is 27.4 Å². The molecule has 23 heavy (non-hydrogen) atoms. The average Bonchev–Trinajstić information content (AvgIpc) is 2.83. The fourth-order valence-corrected chi connectivity index (χ4v) is 2.05. The van der Waals surface area contributed by atoms with Gasteiger partial charge in [-0.25, -0.2) is 0 Å². The summed E-state index contributed by atoms with van der Waals surface area (Å²) >= 11 is 0. The number of hydrogen-bond acceptors (Lipinski definition) is 4. The summed E-state index contributed by atoms with van der Waals surface area (Å²) < 4.78 is 49.0. The summed E-state index contributed by atoms with van der Waals surface area (Å²) in [6, 6.07) is 4.55. The van der Waals surface area contributed by atoms with Gasteiger partial charge in [-0.1, -0.05) is 19.1 Å². The van der Waals surface area contributed by atoms with E-state index in [9.17, 15) is 18.0 Å². The third-order valence-electron chi connectivity index (χ3n) is 3.11. The molecule has 0 spiro atoms. The van der Waals surface area contributed by atoms with E-state index in [-0.39, 0.29) is 22.8 Å². The lowest BCUT2D eigenvalue weighted by atomic mass is 10.00. The molecule has 0 atom stereocenters. The van der Waals surface area contributed by atoms with Crippen molar-refractivity contribution >= 4 is 11.4 Å². The summed E-state index contributed by atoms with van der Waals surface area (Å²) in [5.41, 5.74) is -0.650. The molecule has 0 amide bonds. The minimum absolute atomic E-state index is 0.0462. The number of halogens is 3. The number of nitrogens with one attached hydrogen (secondary N) is 1. The van der Waals surface area contributed by atoms with Gasteiger partial charge in [-0.15, -0.1) is 0 Å². The van der Waals surface area contributed by atoms with Crippen LogP contribution in [0.3, 0.4) is 0 Å². The van der Waals surface area contributed by atoms with Crippen LogP contribution in [-0.2, 0) is 20.4 Å². The summed E-state index contributed by atoms with van der Waals surface area (Å²) in [6.45, 7) is 2.31. The van der Waals surface area contributed by atoms with Gasteiger partial charge in [-0.05, 0) is 24.1 Å². The molecule has 7 heteroatoms. The molecular weight excluding hydrogens is 311 g/mol. The maximum absolute atomic E-state index is 12.8. The highest BCUT2D eigenvalue weighted by molar-refractivity contribution is 6.30. The van der Waals surface area contributed by atoms with Crippen LogP contribution in [0, 0.1) is 0 Å². The van der Waals surface area contributed by atoms with Gasteiger partial charge in [0, 0.05) is 7.05 Å². The Labute approximate surface area is 131 Å². The van der Waals surface area contributed by atoms with E-state index in [1.165, 1.54) is 25.4 Å². The van der Waals surface area contributed by atoms with Crippen LogP contribution in [-0.4, -0.2) is 19.4 Å². The van der Waals surface area contributed by atoms with E-state index in [4.69, 9.17) is 9.47 Å². The molecular formula is C16H16F3NO3. The largest absolute Gasteiger partial charge is 0.497 e. The van der Waals surface area contributed by atoms with E-state index >= 15 is 0 Å². The maximum atomic E-state index is 12.8. The zero-order valence-electron chi connectivity index (χ0n) is 12.7. The van der Waals surface area contributed by atoms with E-state index in [0.29, 0.717) is 6.61 Å². The first-order chi connectivity index (χ1) is 10.9. The molecule has 1 heterocycles. The summed E-state index contributed by atoms with van der Waals surface area (Å²) in [6.07, 6.45) is -2.55. The van der Waals surface area contributed by atoms with Crippen LogP contribution in [0.15, 0.2) is 42.2 Å². The Balaban J connectivity index is 2.37. The fourth-order valence-electron chi connectivity index (χ4n) is 2.05. The third-order valence-corrected chi connectivity index (χ3v) is 3.11. The van der Waals surface area contributed by atoms with Crippen molar-refractivity contribution in [2.45, 2.75) is 19.5 Å². The van der Waals surface area contributed by atoms with E-state index in [1.807, 2.05) is 6.92 Å². The predicted molar refractivity (Wildman–Crippen MR) is 77.8 cm³/mol. The number of ketones is 1. The molecule has 0 fully saturated rings. The summed E-state index contributed by atoms with van der Waals surface area (Å²) in [5.74, 6) is -0.485. The molecule has 1 N–H and O–H groups in total. The van der Waals surface area contributed by atoms with E-state index in [0.717, 1.165) is 18.6 Å². The molecule has 0 radical (unpaired) electrons. The van der Waals surface area contributed by atoms with Crippen molar-refractivity contribution in [1.29, 1.82) is 0 Å². The average molecular weight is 327 g/mol. The molecule has 1 aromatic carbocycles. The molecule has 2 rings (SSSR count). The Morgan fingerprint density at radius 1 is 1.35 bits per heavy atom. The number of alkyl halides is 3. The number of rotatable bonds is 5. The van der Waals surface area contributed by atoms with Gasteiger partial charge in [0.2, 0.25) is 17.4 Å². The number of ether oxygens (including phenoxy) is 2. The normalized spacial score (nSPS) is 16.7. The first-order valence-corrected chi connectivity index (χ1v) is 7.02. The highest BCUT2D eigenvalue weighted by Gasteiger charge is 2.35. The minimum Gasteiger partial charge on any atom is -0.497 e. The van der Waals surface area contributed by atoms with Gasteiger partial charge in [-0.2, -0.15) is 13.2 Å². The highest BCUT2D eigenvalue weighted by atomic mass is 19.4. The highest BCUT2D eigenvalue weighted by Crippen LogP contribution is 2.35. The second kappa shape index (κ2) is 6.76. The van der Waals surface area contributed by atoms with Gasteiger partial charge in [0.25, 0.3) is 0 Å². The molecule has 0 bridgehead atoms. The molecule has 124 valence electrons. The van der Waals surface area contributed by atoms with Crippen molar-refractivity contribution in [3.63, 3.8) is 0 Å². The van der Waals surface area contributed by atoms with E-state index in [2.05, 4.69) is 5.32 Å². The number of allylic oxidation sites excluding steroid dienone is 1. The lowest BCUT2D eigenvalue weighted by molar-refractivity contribution is -0.137. The van der Waals surface area contributed by atoms with Crippen molar-refractivity contribution in [2.75, 3.05) is 13.7 Å². The van der Waals surface area contributed by atoms with Crippen LogP contribution in [0.25, 0.3) is 5.57 Å². The van der Waals surface area contributed by atoms with Gasteiger partial charge < -0.3 is 14.8 Å². The number of Topliss-reactive ketones (excluding diaryl/α,β-unsaturated/α-hetero) is 1. The van der Waals surface area contributed by atoms with Crippen molar-refractivity contribution in [1.82, 2.24) is 5.32 Å². The van der Waals surface area contributed by atoms with Crippen LogP contribution >= 0.6 is 0 Å².